The maximum atomic E-state index is 12.2. The van der Waals surface area contributed by atoms with Gasteiger partial charge in [-0.3, -0.25) is 5.17 Å². The summed E-state index contributed by atoms with van der Waals surface area (Å²) < 4.78 is 0. The zero-order valence-corrected chi connectivity index (χ0v) is 12.8. The van der Waals surface area contributed by atoms with E-state index in [-0.39, 0.29) is 0 Å². The fourth-order valence-electron chi connectivity index (χ4n) is 1.68. The van der Waals surface area contributed by atoms with Crippen LogP contribution in [0.15, 0.2) is 30.8 Å². The van der Waals surface area contributed by atoms with Crippen molar-refractivity contribution in [2.24, 2.45) is 0 Å². The van der Waals surface area contributed by atoms with Gasteiger partial charge in [-0.25, -0.2) is 0 Å². The fourth-order valence-corrected chi connectivity index (χ4v) is 1.68. The average molecular weight is 277 g/mol. The highest BCUT2D eigenvalue weighted by molar-refractivity contribution is 5.53. The minimum Gasteiger partial charge on any atom is -0.767 e. The van der Waals surface area contributed by atoms with Gasteiger partial charge in [-0.15, -0.1) is 0 Å². The Morgan fingerprint density at radius 1 is 1.20 bits per heavy atom. The molecule has 0 bridgehead atoms. The summed E-state index contributed by atoms with van der Waals surface area (Å²) >= 11 is 0. The second kappa shape index (κ2) is 6.39. The monoisotopic (exact) mass is 277 g/mol. The smallest absolute Gasteiger partial charge is 0.0592 e. The molecule has 0 heterocycles. The Bertz CT molecular complexity index is 433. The molecule has 0 aliphatic carbocycles. The van der Waals surface area contributed by atoms with Crippen LogP contribution in [-0.2, 0) is 0 Å². The minimum absolute atomic E-state index is 0.565. The fraction of sp³-hybridized carbons (Fsp3) is 0.500. The number of anilines is 1. The van der Waals surface area contributed by atoms with E-state index in [1.54, 1.807) is 19.9 Å². The second-order valence-electron chi connectivity index (χ2n) is 6.36. The molecule has 0 fully saturated rings. The maximum absolute atomic E-state index is 12.2. The van der Waals surface area contributed by atoms with Gasteiger partial charge >= 0.3 is 0 Å². The number of hydrazine groups is 1. The molecule has 1 aromatic carbocycles. The normalized spacial score (nSPS) is 12.6. The molecule has 0 aliphatic rings. The van der Waals surface area contributed by atoms with Gasteiger partial charge in [0.2, 0.25) is 0 Å². The molecule has 4 nitrogen and oxygen atoms in total. The molecule has 112 valence electrons. The Kier molecular flexibility index (Phi) is 5.34. The van der Waals surface area contributed by atoms with Crippen molar-refractivity contribution >= 4 is 11.8 Å². The lowest BCUT2D eigenvalue weighted by Gasteiger charge is -2.45. The molecule has 0 aromatic heterocycles. The molecule has 4 heteroatoms. The van der Waals surface area contributed by atoms with E-state index in [9.17, 15) is 10.3 Å². The number of aliphatic hydroxyl groups is 1. The van der Waals surface area contributed by atoms with Gasteiger partial charge in [0.25, 0.3) is 0 Å². The molecular formula is C16H25N2O2-. The third-order valence-corrected chi connectivity index (χ3v) is 3.28. The van der Waals surface area contributed by atoms with E-state index < -0.39 is 11.1 Å². The zero-order chi connectivity index (χ0) is 15.4. The topological polar surface area (TPSA) is 58.6 Å². The first kappa shape index (κ1) is 16.7. The van der Waals surface area contributed by atoms with Gasteiger partial charge in [-0.05, 0) is 58.2 Å². The van der Waals surface area contributed by atoms with Crippen LogP contribution in [0, 0.1) is 5.21 Å². The van der Waals surface area contributed by atoms with E-state index in [4.69, 9.17) is 0 Å². The lowest BCUT2D eigenvalue weighted by atomic mass is 9.92. The van der Waals surface area contributed by atoms with Crippen molar-refractivity contribution in [3.05, 3.63) is 41.6 Å². The highest BCUT2D eigenvalue weighted by Gasteiger charge is 2.24. The Balaban J connectivity index is 2.63. The summed E-state index contributed by atoms with van der Waals surface area (Å²) in [5, 5.41) is 22.8. The van der Waals surface area contributed by atoms with Crippen LogP contribution in [0.5, 0.6) is 0 Å². The van der Waals surface area contributed by atoms with Gasteiger partial charge in [-0.1, -0.05) is 24.8 Å². The molecule has 1 rings (SSSR count). The van der Waals surface area contributed by atoms with E-state index in [0.717, 1.165) is 16.4 Å². The molecule has 0 spiro atoms. The summed E-state index contributed by atoms with van der Waals surface area (Å²) in [4.78, 5) is 0. The second-order valence-corrected chi connectivity index (χ2v) is 6.36. The standard InChI is InChI=1S/C16H25N2O2/c1-6-13-7-9-14(10-8-13)17-18(20)15(2,3)11-12-16(4,5)19/h6-10,17,19H,1,11-12H2,2-5H3/q-1. The van der Waals surface area contributed by atoms with Crippen LogP contribution >= 0.6 is 0 Å². The van der Waals surface area contributed by atoms with Crippen LogP contribution in [0.25, 0.3) is 6.08 Å². The van der Waals surface area contributed by atoms with Crippen LogP contribution in [0.1, 0.15) is 46.1 Å². The number of hydroxylamine groups is 1. The van der Waals surface area contributed by atoms with E-state index in [1.807, 2.05) is 38.1 Å². The molecule has 20 heavy (non-hydrogen) atoms. The van der Waals surface area contributed by atoms with Crippen LogP contribution in [0.3, 0.4) is 0 Å². The molecule has 0 radical (unpaired) electrons. The SMILES string of the molecule is C=Cc1ccc(NN([O-])C(C)(C)CCC(C)(C)O)cc1. The largest absolute Gasteiger partial charge is 0.767 e. The third-order valence-electron chi connectivity index (χ3n) is 3.28. The van der Waals surface area contributed by atoms with Gasteiger partial charge in [-0.2, -0.15) is 0 Å². The van der Waals surface area contributed by atoms with Gasteiger partial charge in [0.05, 0.1) is 5.60 Å². The molecule has 0 unspecified atom stereocenters. The number of hydrogen-bond donors (Lipinski definition) is 2. The lowest BCUT2D eigenvalue weighted by Crippen LogP contribution is -2.44. The first-order valence-electron chi connectivity index (χ1n) is 6.83. The molecular weight excluding hydrogens is 252 g/mol. The number of nitrogens with zero attached hydrogens (tertiary/aromatic N) is 1. The molecule has 1 aromatic rings. The minimum atomic E-state index is -0.760. The maximum Gasteiger partial charge on any atom is 0.0592 e. The summed E-state index contributed by atoms with van der Waals surface area (Å²) in [6.45, 7) is 10.9. The van der Waals surface area contributed by atoms with Crippen molar-refractivity contribution in [3.8, 4) is 0 Å². The lowest BCUT2D eigenvalue weighted by molar-refractivity contribution is 0.0515. The average Bonchev–Trinajstić information content (AvgIpc) is 2.36. The molecule has 0 aliphatic heterocycles. The molecule has 0 amide bonds. The summed E-state index contributed by atoms with van der Waals surface area (Å²) in [5.74, 6) is 0. The summed E-state index contributed by atoms with van der Waals surface area (Å²) in [7, 11) is 0. The van der Waals surface area contributed by atoms with Crippen LogP contribution < -0.4 is 5.43 Å². The summed E-state index contributed by atoms with van der Waals surface area (Å²) in [6, 6.07) is 7.47. The Morgan fingerprint density at radius 2 is 1.75 bits per heavy atom. The van der Waals surface area contributed by atoms with Crippen molar-refractivity contribution < 1.29 is 5.11 Å². The molecule has 0 saturated heterocycles. The van der Waals surface area contributed by atoms with Crippen molar-refractivity contribution in [2.75, 3.05) is 5.43 Å². The highest BCUT2D eigenvalue weighted by Crippen LogP contribution is 2.25. The van der Waals surface area contributed by atoms with Crippen LogP contribution in [0.4, 0.5) is 5.69 Å². The number of hydrogen-bond acceptors (Lipinski definition) is 4. The Hall–Kier alpha value is -1.36. The number of rotatable bonds is 7. The van der Waals surface area contributed by atoms with Crippen molar-refractivity contribution in [2.45, 2.75) is 51.7 Å². The van der Waals surface area contributed by atoms with E-state index in [2.05, 4.69) is 12.0 Å². The highest BCUT2D eigenvalue weighted by atomic mass is 16.5. The van der Waals surface area contributed by atoms with E-state index in [1.165, 1.54) is 0 Å². The Morgan fingerprint density at radius 3 is 2.20 bits per heavy atom. The number of benzene rings is 1. The first-order chi connectivity index (χ1) is 9.14. The van der Waals surface area contributed by atoms with Crippen molar-refractivity contribution in [3.63, 3.8) is 0 Å². The van der Waals surface area contributed by atoms with Gasteiger partial charge in [0.15, 0.2) is 0 Å². The summed E-state index contributed by atoms with van der Waals surface area (Å²) in [6.07, 6.45) is 2.92. The predicted molar refractivity (Wildman–Crippen MR) is 85.0 cm³/mol. The van der Waals surface area contributed by atoms with Crippen LogP contribution in [-0.4, -0.2) is 21.4 Å². The first-order valence-corrected chi connectivity index (χ1v) is 6.83. The van der Waals surface area contributed by atoms with Gasteiger partial charge in [0, 0.05) is 11.2 Å². The zero-order valence-electron chi connectivity index (χ0n) is 12.8. The van der Waals surface area contributed by atoms with Gasteiger partial charge in [0.1, 0.15) is 0 Å². The Labute approximate surface area is 121 Å². The predicted octanol–water partition coefficient (Wildman–Crippen LogP) is 3.79. The van der Waals surface area contributed by atoms with Crippen LogP contribution in [0.2, 0.25) is 0 Å². The third kappa shape index (κ3) is 5.33. The molecule has 0 saturated carbocycles. The van der Waals surface area contributed by atoms with E-state index in [0.29, 0.717) is 12.8 Å². The van der Waals surface area contributed by atoms with Crippen molar-refractivity contribution in [1.29, 1.82) is 0 Å². The quantitative estimate of drug-likeness (QED) is 0.745. The van der Waals surface area contributed by atoms with E-state index >= 15 is 0 Å². The summed E-state index contributed by atoms with van der Waals surface area (Å²) in [5.41, 5.74) is 3.22. The van der Waals surface area contributed by atoms with Gasteiger partial charge < -0.3 is 15.7 Å². The van der Waals surface area contributed by atoms with Crippen molar-refractivity contribution in [1.82, 2.24) is 5.17 Å². The molecule has 0 atom stereocenters. The molecule has 2 N–H and O–H groups in total. The number of nitrogens with one attached hydrogen (secondary N) is 1.